The minimum atomic E-state index is -0.209. The highest BCUT2D eigenvalue weighted by molar-refractivity contribution is 8.26. The van der Waals surface area contributed by atoms with Gasteiger partial charge in [-0.2, -0.15) is 0 Å². The molecule has 0 spiro atoms. The summed E-state index contributed by atoms with van der Waals surface area (Å²) in [6, 6.07) is 15.6. The number of hydrogen-bond donors (Lipinski definition) is 1. The van der Waals surface area contributed by atoms with Crippen LogP contribution in [0.1, 0.15) is 28.0 Å². The summed E-state index contributed by atoms with van der Waals surface area (Å²) in [7, 11) is 0. The maximum atomic E-state index is 12.8. The Hall–Kier alpha value is -2.52. The highest BCUT2D eigenvalue weighted by Crippen LogP contribution is 2.32. The van der Waals surface area contributed by atoms with Crippen LogP contribution in [0, 0.1) is 6.92 Å². The maximum Gasteiger partial charge on any atom is 0.266 e. The normalized spacial score (nSPS) is 14.8. The predicted molar refractivity (Wildman–Crippen MR) is 141 cm³/mol. The number of aryl methyl sites for hydroxylation is 1. The van der Waals surface area contributed by atoms with Crippen LogP contribution in [-0.2, 0) is 16.0 Å². The molecule has 0 radical (unpaired) electrons. The smallest absolute Gasteiger partial charge is 0.266 e. The first-order chi connectivity index (χ1) is 15.9. The fraction of sp³-hybridized carbons (Fsp3) is 0.167. The molecule has 9 heteroatoms. The average molecular weight is 514 g/mol. The molecular formula is C24H20ClN3O2S3. The number of anilines is 1. The summed E-state index contributed by atoms with van der Waals surface area (Å²) in [4.78, 5) is 32.5. The minimum Gasteiger partial charge on any atom is -0.302 e. The standard InChI is InChI=1S/C24H20ClN3O2S3/c1-15-2-4-17(5-3-15)13-20-22(30)28(24(31)33-20)11-10-21(29)27-23-26-14-19(32-23)12-16-6-8-18(25)9-7-16/h2-9,13-14H,10-12H2,1H3,(H,26,27,29)/b20-13+. The number of rotatable bonds is 7. The summed E-state index contributed by atoms with van der Waals surface area (Å²) in [5.41, 5.74) is 3.22. The third kappa shape index (κ3) is 6.29. The number of carbonyl (C=O) groups is 2. The first kappa shape index (κ1) is 23.6. The van der Waals surface area contributed by atoms with Crippen LogP contribution in [0.4, 0.5) is 5.13 Å². The molecule has 168 valence electrons. The van der Waals surface area contributed by atoms with E-state index in [1.807, 2.05) is 61.5 Å². The fourth-order valence-corrected chi connectivity index (χ4v) is 5.45. The van der Waals surface area contributed by atoms with E-state index in [1.165, 1.54) is 28.0 Å². The Balaban J connectivity index is 1.30. The second kappa shape index (κ2) is 10.6. The van der Waals surface area contributed by atoms with E-state index < -0.39 is 0 Å². The molecule has 1 saturated heterocycles. The van der Waals surface area contributed by atoms with Gasteiger partial charge in [-0.3, -0.25) is 14.5 Å². The summed E-state index contributed by atoms with van der Waals surface area (Å²) in [5, 5.41) is 4.04. The molecule has 1 N–H and O–H groups in total. The SMILES string of the molecule is Cc1ccc(/C=C2/SC(=S)N(CCC(=O)Nc3ncc(Cc4ccc(Cl)cc4)s3)C2=O)cc1. The summed E-state index contributed by atoms with van der Waals surface area (Å²) in [6.45, 7) is 2.24. The Kier molecular flexibility index (Phi) is 7.60. The van der Waals surface area contributed by atoms with Crippen LogP contribution in [0.5, 0.6) is 0 Å². The van der Waals surface area contributed by atoms with Crippen molar-refractivity contribution in [1.82, 2.24) is 9.88 Å². The molecule has 0 atom stereocenters. The number of thioether (sulfide) groups is 1. The van der Waals surface area contributed by atoms with Gasteiger partial charge in [0, 0.05) is 35.5 Å². The lowest BCUT2D eigenvalue weighted by Crippen LogP contribution is -2.31. The number of aromatic nitrogens is 1. The summed E-state index contributed by atoms with van der Waals surface area (Å²) in [5.74, 6) is -0.378. The van der Waals surface area contributed by atoms with E-state index in [4.69, 9.17) is 23.8 Å². The van der Waals surface area contributed by atoms with Crippen LogP contribution in [0.25, 0.3) is 6.08 Å². The van der Waals surface area contributed by atoms with Crippen LogP contribution in [0.2, 0.25) is 5.02 Å². The molecule has 0 bridgehead atoms. The number of carbonyl (C=O) groups excluding carboxylic acids is 2. The molecule has 1 aliphatic heterocycles. The topological polar surface area (TPSA) is 62.3 Å². The van der Waals surface area contributed by atoms with E-state index in [-0.39, 0.29) is 24.8 Å². The van der Waals surface area contributed by atoms with Gasteiger partial charge >= 0.3 is 0 Å². The highest BCUT2D eigenvalue weighted by atomic mass is 35.5. The lowest BCUT2D eigenvalue weighted by molar-refractivity contribution is -0.122. The minimum absolute atomic E-state index is 0.135. The molecule has 2 aromatic carbocycles. The summed E-state index contributed by atoms with van der Waals surface area (Å²) < 4.78 is 0.464. The van der Waals surface area contributed by atoms with Crippen molar-refractivity contribution in [1.29, 1.82) is 0 Å². The Labute approximate surface area is 210 Å². The van der Waals surface area contributed by atoms with E-state index in [9.17, 15) is 9.59 Å². The van der Waals surface area contributed by atoms with Crippen LogP contribution in [0.3, 0.4) is 0 Å². The lowest BCUT2D eigenvalue weighted by atomic mass is 10.1. The third-order valence-corrected chi connectivity index (χ3v) is 7.45. The van der Waals surface area contributed by atoms with Gasteiger partial charge in [0.2, 0.25) is 5.91 Å². The number of nitrogens with zero attached hydrogens (tertiary/aromatic N) is 2. The number of halogens is 1. The van der Waals surface area contributed by atoms with Crippen molar-refractivity contribution in [3.05, 3.63) is 86.2 Å². The Bertz CT molecular complexity index is 1220. The Morgan fingerprint density at radius 1 is 1.18 bits per heavy atom. The van der Waals surface area contributed by atoms with E-state index in [0.717, 1.165) is 21.6 Å². The molecule has 0 saturated carbocycles. The summed E-state index contributed by atoms with van der Waals surface area (Å²) >= 11 is 14.0. The Morgan fingerprint density at radius 2 is 1.91 bits per heavy atom. The van der Waals surface area contributed by atoms with E-state index in [1.54, 1.807) is 6.20 Å². The van der Waals surface area contributed by atoms with E-state index in [2.05, 4.69) is 10.3 Å². The van der Waals surface area contributed by atoms with Gasteiger partial charge in [0.05, 0.1) is 4.91 Å². The van der Waals surface area contributed by atoms with E-state index >= 15 is 0 Å². The van der Waals surface area contributed by atoms with Gasteiger partial charge in [0.25, 0.3) is 5.91 Å². The number of benzene rings is 2. The zero-order valence-corrected chi connectivity index (χ0v) is 20.9. The first-order valence-corrected chi connectivity index (χ1v) is 12.6. The molecule has 2 heterocycles. The van der Waals surface area contributed by atoms with Gasteiger partial charge in [0.1, 0.15) is 4.32 Å². The molecule has 1 aliphatic rings. The van der Waals surface area contributed by atoms with Crippen molar-refractivity contribution in [2.45, 2.75) is 19.8 Å². The molecule has 1 fully saturated rings. The van der Waals surface area contributed by atoms with E-state index in [0.29, 0.717) is 25.8 Å². The second-order valence-corrected chi connectivity index (χ2v) is 10.7. The number of nitrogens with one attached hydrogen (secondary N) is 1. The number of hydrogen-bond acceptors (Lipinski definition) is 6. The molecule has 4 rings (SSSR count). The Morgan fingerprint density at radius 3 is 2.64 bits per heavy atom. The van der Waals surface area contributed by atoms with Gasteiger partial charge in [-0.05, 0) is 36.3 Å². The van der Waals surface area contributed by atoms with Crippen molar-refractivity contribution >= 4 is 74.3 Å². The van der Waals surface area contributed by atoms with Gasteiger partial charge in [-0.1, -0.05) is 77.5 Å². The molecule has 5 nitrogen and oxygen atoms in total. The number of thiocarbonyl (C=S) groups is 1. The van der Waals surface area contributed by atoms with Gasteiger partial charge in [-0.15, -0.1) is 11.3 Å². The van der Waals surface area contributed by atoms with Crippen molar-refractivity contribution < 1.29 is 9.59 Å². The third-order valence-electron chi connectivity index (χ3n) is 4.90. The van der Waals surface area contributed by atoms with Crippen molar-refractivity contribution in [3.63, 3.8) is 0 Å². The first-order valence-electron chi connectivity index (χ1n) is 10.2. The fourth-order valence-electron chi connectivity index (χ4n) is 3.15. The maximum absolute atomic E-state index is 12.8. The summed E-state index contributed by atoms with van der Waals surface area (Å²) in [6.07, 6.45) is 4.44. The molecule has 2 amide bonds. The van der Waals surface area contributed by atoms with Crippen LogP contribution >= 0.6 is 46.9 Å². The van der Waals surface area contributed by atoms with Crippen LogP contribution in [0.15, 0.2) is 59.6 Å². The van der Waals surface area contributed by atoms with Gasteiger partial charge < -0.3 is 5.32 Å². The zero-order chi connectivity index (χ0) is 23.4. The number of thiazole rings is 1. The molecule has 33 heavy (non-hydrogen) atoms. The van der Waals surface area contributed by atoms with Crippen LogP contribution < -0.4 is 5.32 Å². The van der Waals surface area contributed by atoms with Gasteiger partial charge in [-0.25, -0.2) is 4.98 Å². The average Bonchev–Trinajstić information content (AvgIpc) is 3.33. The monoisotopic (exact) mass is 513 g/mol. The lowest BCUT2D eigenvalue weighted by Gasteiger charge is -2.13. The van der Waals surface area contributed by atoms with Crippen LogP contribution in [-0.4, -0.2) is 32.6 Å². The molecule has 0 aliphatic carbocycles. The molecule has 3 aromatic rings. The molecule has 1 aromatic heterocycles. The molecule has 0 unspecified atom stereocenters. The number of amides is 2. The molecular weight excluding hydrogens is 494 g/mol. The van der Waals surface area contributed by atoms with Crippen molar-refractivity contribution in [2.75, 3.05) is 11.9 Å². The largest absolute Gasteiger partial charge is 0.302 e. The second-order valence-electron chi connectivity index (χ2n) is 7.48. The predicted octanol–water partition coefficient (Wildman–Crippen LogP) is 5.93. The van der Waals surface area contributed by atoms with Crippen molar-refractivity contribution in [2.24, 2.45) is 0 Å². The highest BCUT2D eigenvalue weighted by Gasteiger charge is 2.32. The van der Waals surface area contributed by atoms with Crippen molar-refractivity contribution in [3.8, 4) is 0 Å². The van der Waals surface area contributed by atoms with Gasteiger partial charge in [0.15, 0.2) is 5.13 Å². The zero-order valence-electron chi connectivity index (χ0n) is 17.7. The quantitative estimate of drug-likeness (QED) is 0.313.